The smallest absolute Gasteiger partial charge is 0.337 e. The molecule has 0 heterocycles. The Labute approximate surface area is 113 Å². The molecule has 0 N–H and O–H groups in total. The van der Waals surface area contributed by atoms with Gasteiger partial charge in [0.2, 0.25) is 0 Å². The molecule has 0 amide bonds. The average molecular weight is 262 g/mol. The average Bonchev–Trinajstić information content (AvgIpc) is 2.36. The van der Waals surface area contributed by atoms with Crippen molar-refractivity contribution < 1.29 is 19.1 Å². The van der Waals surface area contributed by atoms with Crippen molar-refractivity contribution in [2.45, 2.75) is 26.9 Å². The number of benzene rings is 1. The van der Waals surface area contributed by atoms with E-state index in [0.717, 1.165) is 5.56 Å². The van der Waals surface area contributed by atoms with Crippen LogP contribution in [0.2, 0.25) is 0 Å². The molecule has 1 aromatic carbocycles. The highest BCUT2D eigenvalue weighted by Crippen LogP contribution is 2.26. The Morgan fingerprint density at radius 2 is 1.84 bits per heavy atom. The van der Waals surface area contributed by atoms with Crippen molar-refractivity contribution >= 4 is 11.9 Å². The summed E-state index contributed by atoms with van der Waals surface area (Å²) in [5, 5.41) is 0. The summed E-state index contributed by atoms with van der Waals surface area (Å²) in [7, 11) is 0. The number of aryl methyl sites for hydroxylation is 1. The maximum Gasteiger partial charge on any atom is 0.337 e. The first kappa shape index (κ1) is 15.0. The molecule has 0 fully saturated rings. The summed E-state index contributed by atoms with van der Waals surface area (Å²) in [6.45, 7) is 8.87. The molecule has 102 valence electrons. The number of hydrogen-bond donors (Lipinski definition) is 0. The highest BCUT2D eigenvalue weighted by molar-refractivity contribution is 5.89. The van der Waals surface area contributed by atoms with Crippen LogP contribution in [-0.2, 0) is 19.1 Å². The topological polar surface area (TPSA) is 52.6 Å². The number of esters is 2. The van der Waals surface area contributed by atoms with Crippen molar-refractivity contribution in [2.75, 3.05) is 6.61 Å². The van der Waals surface area contributed by atoms with Gasteiger partial charge in [-0.1, -0.05) is 36.4 Å². The minimum atomic E-state index is -0.808. The highest BCUT2D eigenvalue weighted by atomic mass is 16.6. The van der Waals surface area contributed by atoms with Crippen molar-refractivity contribution in [1.82, 2.24) is 0 Å². The first-order valence-corrected chi connectivity index (χ1v) is 6.05. The Morgan fingerprint density at radius 3 is 2.32 bits per heavy atom. The van der Waals surface area contributed by atoms with Gasteiger partial charge in [-0.3, -0.25) is 4.79 Å². The first-order valence-electron chi connectivity index (χ1n) is 6.05. The molecule has 0 radical (unpaired) electrons. The van der Waals surface area contributed by atoms with E-state index in [1.54, 1.807) is 19.1 Å². The Balaban J connectivity index is 3.00. The normalized spacial score (nSPS) is 11.5. The molecule has 4 nitrogen and oxygen atoms in total. The van der Waals surface area contributed by atoms with Crippen molar-refractivity contribution in [3.05, 3.63) is 47.5 Å². The molecule has 4 heteroatoms. The number of hydrogen-bond acceptors (Lipinski definition) is 4. The van der Waals surface area contributed by atoms with Gasteiger partial charge in [-0.15, -0.1) is 0 Å². The van der Waals surface area contributed by atoms with Gasteiger partial charge in [0.25, 0.3) is 0 Å². The van der Waals surface area contributed by atoms with Crippen molar-refractivity contribution in [1.29, 1.82) is 0 Å². The molecule has 0 bridgehead atoms. The molecule has 19 heavy (non-hydrogen) atoms. The molecule has 0 aliphatic rings. The van der Waals surface area contributed by atoms with Gasteiger partial charge in [0, 0.05) is 6.92 Å². The van der Waals surface area contributed by atoms with Crippen molar-refractivity contribution in [3.63, 3.8) is 0 Å². The zero-order chi connectivity index (χ0) is 14.4. The molecule has 0 aliphatic heterocycles. The molecule has 1 aromatic rings. The van der Waals surface area contributed by atoms with Crippen LogP contribution in [0.5, 0.6) is 0 Å². The van der Waals surface area contributed by atoms with Gasteiger partial charge < -0.3 is 9.47 Å². The maximum absolute atomic E-state index is 11.7. The predicted octanol–water partition coefficient (Wildman–Crippen LogP) is 2.72. The van der Waals surface area contributed by atoms with E-state index in [-0.39, 0.29) is 12.2 Å². The lowest BCUT2D eigenvalue weighted by Gasteiger charge is -2.19. The van der Waals surface area contributed by atoms with E-state index in [9.17, 15) is 9.59 Å². The van der Waals surface area contributed by atoms with Crippen molar-refractivity contribution in [2.24, 2.45) is 0 Å². The summed E-state index contributed by atoms with van der Waals surface area (Å²) in [5.41, 5.74) is 1.88. The Hall–Kier alpha value is -2.10. The lowest BCUT2D eigenvalue weighted by molar-refractivity contribution is -0.147. The second kappa shape index (κ2) is 6.73. The Bertz CT molecular complexity index is 473. The predicted molar refractivity (Wildman–Crippen MR) is 71.5 cm³/mol. The van der Waals surface area contributed by atoms with E-state index in [2.05, 4.69) is 6.58 Å². The lowest BCUT2D eigenvalue weighted by atomic mass is 10.0. The van der Waals surface area contributed by atoms with E-state index < -0.39 is 18.0 Å². The summed E-state index contributed by atoms with van der Waals surface area (Å²) in [6.07, 6.45) is -0.808. The van der Waals surface area contributed by atoms with Gasteiger partial charge in [0.05, 0.1) is 12.2 Å². The fourth-order valence-electron chi connectivity index (χ4n) is 1.58. The summed E-state index contributed by atoms with van der Waals surface area (Å²) >= 11 is 0. The Morgan fingerprint density at radius 1 is 1.26 bits per heavy atom. The van der Waals surface area contributed by atoms with Crippen LogP contribution >= 0.6 is 0 Å². The highest BCUT2D eigenvalue weighted by Gasteiger charge is 2.24. The molecular weight excluding hydrogens is 244 g/mol. The van der Waals surface area contributed by atoms with Crippen LogP contribution < -0.4 is 0 Å². The van der Waals surface area contributed by atoms with Gasteiger partial charge >= 0.3 is 11.9 Å². The summed E-state index contributed by atoms with van der Waals surface area (Å²) < 4.78 is 10.0. The number of ether oxygens (including phenoxy) is 2. The van der Waals surface area contributed by atoms with Gasteiger partial charge in [0.1, 0.15) is 0 Å². The maximum atomic E-state index is 11.7. The number of carbonyl (C=O) groups excluding carboxylic acids is 2. The third-order valence-corrected chi connectivity index (χ3v) is 2.52. The third kappa shape index (κ3) is 4.25. The van der Waals surface area contributed by atoms with Crippen LogP contribution in [0.4, 0.5) is 0 Å². The summed E-state index contributed by atoms with van der Waals surface area (Å²) in [5.74, 6) is -1.04. The monoisotopic (exact) mass is 262 g/mol. The van der Waals surface area contributed by atoms with E-state index in [1.165, 1.54) is 6.92 Å². The van der Waals surface area contributed by atoms with E-state index >= 15 is 0 Å². The molecule has 0 aromatic heterocycles. The molecule has 0 saturated heterocycles. The summed E-state index contributed by atoms with van der Waals surface area (Å²) in [4.78, 5) is 22.9. The lowest BCUT2D eigenvalue weighted by Crippen LogP contribution is -2.18. The van der Waals surface area contributed by atoms with Crippen LogP contribution in [-0.4, -0.2) is 18.5 Å². The molecule has 0 spiro atoms. The van der Waals surface area contributed by atoms with E-state index in [4.69, 9.17) is 9.47 Å². The van der Waals surface area contributed by atoms with Crippen LogP contribution in [0, 0.1) is 6.92 Å². The van der Waals surface area contributed by atoms with Crippen LogP contribution in [0.3, 0.4) is 0 Å². The second-order valence-corrected chi connectivity index (χ2v) is 4.15. The third-order valence-electron chi connectivity index (χ3n) is 2.52. The molecule has 1 atom stereocenters. The Kier molecular flexibility index (Phi) is 5.30. The van der Waals surface area contributed by atoms with E-state index in [0.29, 0.717) is 5.56 Å². The molecule has 0 saturated carbocycles. The van der Waals surface area contributed by atoms with Gasteiger partial charge in [0.15, 0.2) is 6.10 Å². The number of carbonyl (C=O) groups is 2. The largest absolute Gasteiger partial charge is 0.463 e. The van der Waals surface area contributed by atoms with Gasteiger partial charge in [-0.2, -0.15) is 0 Å². The fraction of sp³-hybridized carbons (Fsp3) is 0.333. The molecule has 1 rings (SSSR count). The zero-order valence-electron chi connectivity index (χ0n) is 11.4. The first-order chi connectivity index (χ1) is 8.95. The van der Waals surface area contributed by atoms with Crippen molar-refractivity contribution in [3.8, 4) is 0 Å². The zero-order valence-corrected chi connectivity index (χ0v) is 11.4. The second-order valence-electron chi connectivity index (χ2n) is 4.15. The SMILES string of the molecule is C=C(C(=O)OCC)C(OC(C)=O)c1ccc(C)cc1. The molecule has 1 unspecified atom stereocenters. The molecular formula is C15H18O4. The molecule has 0 aliphatic carbocycles. The van der Waals surface area contributed by atoms with E-state index in [1.807, 2.05) is 19.1 Å². The van der Waals surface area contributed by atoms with Gasteiger partial charge in [-0.25, -0.2) is 4.79 Å². The minimum Gasteiger partial charge on any atom is -0.463 e. The van der Waals surface area contributed by atoms with Crippen LogP contribution in [0.15, 0.2) is 36.4 Å². The van der Waals surface area contributed by atoms with Gasteiger partial charge in [-0.05, 0) is 19.4 Å². The van der Waals surface area contributed by atoms with Crippen LogP contribution in [0.1, 0.15) is 31.1 Å². The number of rotatable bonds is 5. The quantitative estimate of drug-likeness (QED) is 0.604. The fourth-order valence-corrected chi connectivity index (χ4v) is 1.58. The minimum absolute atomic E-state index is 0.112. The standard InChI is InChI=1S/C15H18O4/c1-5-18-15(17)11(3)14(19-12(4)16)13-8-6-10(2)7-9-13/h6-9,14H,3,5H2,1-2,4H3. The summed E-state index contributed by atoms with van der Waals surface area (Å²) in [6, 6.07) is 7.36. The van der Waals surface area contributed by atoms with Crippen LogP contribution in [0.25, 0.3) is 0 Å².